The summed E-state index contributed by atoms with van der Waals surface area (Å²) in [4.78, 5) is 12.9. The van der Waals surface area contributed by atoms with Crippen molar-refractivity contribution in [3.63, 3.8) is 0 Å². The highest BCUT2D eigenvalue weighted by molar-refractivity contribution is 5.95. The van der Waals surface area contributed by atoms with Gasteiger partial charge in [-0.1, -0.05) is 60.7 Å². The molecule has 3 aromatic carbocycles. The molecule has 0 atom stereocenters. The Labute approximate surface area is 144 Å². The molecule has 0 fully saturated rings. The Balaban J connectivity index is 1.94. The van der Waals surface area contributed by atoms with Crippen LogP contribution in [-0.4, -0.2) is 4.57 Å². The molecular weight excluding hydrogens is 313 g/mol. The first-order valence-electron chi connectivity index (χ1n) is 8.14. The molecule has 0 aliphatic carbocycles. The van der Waals surface area contributed by atoms with Crippen LogP contribution in [0.5, 0.6) is 0 Å². The van der Waals surface area contributed by atoms with Crippen LogP contribution >= 0.6 is 0 Å². The van der Waals surface area contributed by atoms with Crippen molar-refractivity contribution in [2.75, 3.05) is 0 Å². The van der Waals surface area contributed by atoms with Gasteiger partial charge in [-0.15, -0.1) is 0 Å². The predicted molar refractivity (Wildman–Crippen MR) is 99.1 cm³/mol. The van der Waals surface area contributed by atoms with Crippen LogP contribution in [0.2, 0.25) is 0 Å². The maximum atomic E-state index is 13.3. The van der Waals surface area contributed by atoms with E-state index in [2.05, 4.69) is 0 Å². The molecule has 25 heavy (non-hydrogen) atoms. The molecule has 0 bridgehead atoms. The van der Waals surface area contributed by atoms with Crippen molar-refractivity contribution >= 4 is 10.8 Å². The molecule has 122 valence electrons. The van der Waals surface area contributed by atoms with Gasteiger partial charge in [-0.25, -0.2) is 4.39 Å². The highest BCUT2D eigenvalue weighted by Crippen LogP contribution is 2.27. The lowest BCUT2D eigenvalue weighted by molar-refractivity contribution is 0.628. The zero-order valence-electron chi connectivity index (χ0n) is 13.5. The van der Waals surface area contributed by atoms with Gasteiger partial charge in [0.05, 0.1) is 6.54 Å². The van der Waals surface area contributed by atoms with E-state index in [9.17, 15) is 9.18 Å². The third kappa shape index (κ3) is 2.96. The van der Waals surface area contributed by atoms with Gasteiger partial charge in [-0.2, -0.15) is 0 Å². The van der Waals surface area contributed by atoms with Crippen LogP contribution in [0.3, 0.4) is 0 Å². The quantitative estimate of drug-likeness (QED) is 0.526. The molecule has 0 saturated carbocycles. The Morgan fingerprint density at radius 2 is 1.40 bits per heavy atom. The predicted octanol–water partition coefficient (Wildman–Crippen LogP) is 4.86. The van der Waals surface area contributed by atoms with Gasteiger partial charge in [-0.3, -0.25) is 4.79 Å². The second-order valence-electron chi connectivity index (χ2n) is 6.01. The Morgan fingerprint density at radius 1 is 0.760 bits per heavy atom. The minimum absolute atomic E-state index is 0.0229. The first kappa shape index (κ1) is 15.3. The van der Waals surface area contributed by atoms with Gasteiger partial charge in [0.1, 0.15) is 5.82 Å². The van der Waals surface area contributed by atoms with Gasteiger partial charge in [0.15, 0.2) is 0 Å². The zero-order chi connectivity index (χ0) is 17.2. The zero-order valence-corrected chi connectivity index (χ0v) is 13.5. The molecule has 0 spiro atoms. The first-order valence-corrected chi connectivity index (χ1v) is 8.14. The normalized spacial score (nSPS) is 10.9. The number of halogens is 1. The van der Waals surface area contributed by atoms with Crippen LogP contribution in [-0.2, 0) is 6.54 Å². The number of hydrogen-bond donors (Lipinski definition) is 0. The van der Waals surface area contributed by atoms with Crippen molar-refractivity contribution in [1.29, 1.82) is 0 Å². The fraction of sp³-hybridized carbons (Fsp3) is 0.0455. The Bertz CT molecular complexity index is 1080. The van der Waals surface area contributed by atoms with Crippen LogP contribution in [0.25, 0.3) is 21.9 Å². The first-order chi connectivity index (χ1) is 12.2. The SMILES string of the molecule is O=c1c2ccccc2c(-c2ccc(F)cc2)cn1Cc1ccccc1. The topological polar surface area (TPSA) is 22.0 Å². The largest absolute Gasteiger partial charge is 0.310 e. The number of aromatic nitrogens is 1. The number of hydrogen-bond acceptors (Lipinski definition) is 1. The molecule has 4 rings (SSSR count). The smallest absolute Gasteiger partial charge is 0.258 e. The van der Waals surface area contributed by atoms with Crippen LogP contribution in [0.15, 0.2) is 89.9 Å². The van der Waals surface area contributed by atoms with Crippen LogP contribution in [0, 0.1) is 5.82 Å². The van der Waals surface area contributed by atoms with E-state index in [0.29, 0.717) is 11.9 Å². The summed E-state index contributed by atoms with van der Waals surface area (Å²) < 4.78 is 15.0. The molecule has 1 heterocycles. The van der Waals surface area contributed by atoms with E-state index < -0.39 is 0 Å². The Kier molecular flexibility index (Phi) is 3.90. The lowest BCUT2D eigenvalue weighted by Crippen LogP contribution is -2.20. The van der Waals surface area contributed by atoms with Crippen molar-refractivity contribution in [1.82, 2.24) is 4.57 Å². The summed E-state index contributed by atoms with van der Waals surface area (Å²) in [7, 11) is 0. The lowest BCUT2D eigenvalue weighted by atomic mass is 10.0. The van der Waals surface area contributed by atoms with E-state index in [1.807, 2.05) is 60.8 Å². The average Bonchev–Trinajstić information content (AvgIpc) is 2.66. The van der Waals surface area contributed by atoms with Gasteiger partial charge in [0, 0.05) is 17.1 Å². The Hall–Kier alpha value is -3.20. The fourth-order valence-corrected chi connectivity index (χ4v) is 3.10. The molecule has 0 aliphatic heterocycles. The standard InChI is InChI=1S/C22H16FNO/c23-18-12-10-17(11-13-18)21-15-24(14-16-6-2-1-3-7-16)22(25)20-9-5-4-8-19(20)21/h1-13,15H,14H2. The van der Waals surface area contributed by atoms with Gasteiger partial charge < -0.3 is 4.57 Å². The number of pyridine rings is 1. The van der Waals surface area contributed by atoms with Crippen molar-refractivity contribution in [3.8, 4) is 11.1 Å². The van der Waals surface area contributed by atoms with E-state index in [4.69, 9.17) is 0 Å². The summed E-state index contributed by atoms with van der Waals surface area (Å²) >= 11 is 0. The monoisotopic (exact) mass is 329 g/mol. The van der Waals surface area contributed by atoms with Crippen molar-refractivity contribution in [2.45, 2.75) is 6.54 Å². The van der Waals surface area contributed by atoms with Gasteiger partial charge in [0.25, 0.3) is 5.56 Å². The number of fused-ring (bicyclic) bond motifs is 1. The second-order valence-corrected chi connectivity index (χ2v) is 6.01. The van der Waals surface area contributed by atoms with Crippen molar-refractivity contribution in [3.05, 3.63) is 107 Å². The molecule has 1 aromatic heterocycles. The van der Waals surface area contributed by atoms with E-state index in [0.717, 1.165) is 22.1 Å². The minimum atomic E-state index is -0.273. The van der Waals surface area contributed by atoms with Crippen molar-refractivity contribution in [2.24, 2.45) is 0 Å². The molecular formula is C22H16FNO. The van der Waals surface area contributed by atoms with Crippen molar-refractivity contribution < 1.29 is 4.39 Å². The van der Waals surface area contributed by atoms with Gasteiger partial charge in [0.2, 0.25) is 0 Å². The summed E-state index contributed by atoms with van der Waals surface area (Å²) in [5, 5.41) is 1.55. The third-order valence-electron chi connectivity index (χ3n) is 4.34. The van der Waals surface area contributed by atoms with E-state index >= 15 is 0 Å². The number of nitrogens with zero attached hydrogens (tertiary/aromatic N) is 1. The molecule has 2 nitrogen and oxygen atoms in total. The van der Waals surface area contributed by atoms with Crippen LogP contribution in [0.1, 0.15) is 5.56 Å². The Morgan fingerprint density at radius 3 is 2.12 bits per heavy atom. The third-order valence-corrected chi connectivity index (χ3v) is 4.34. The molecule has 0 aliphatic rings. The molecule has 0 unspecified atom stereocenters. The van der Waals surface area contributed by atoms with E-state index in [-0.39, 0.29) is 11.4 Å². The molecule has 0 N–H and O–H groups in total. The minimum Gasteiger partial charge on any atom is -0.310 e. The molecule has 4 aromatic rings. The highest BCUT2D eigenvalue weighted by Gasteiger charge is 2.10. The number of benzene rings is 3. The summed E-state index contributed by atoms with van der Waals surface area (Å²) in [6.07, 6.45) is 1.87. The summed E-state index contributed by atoms with van der Waals surface area (Å²) in [6.45, 7) is 0.499. The maximum Gasteiger partial charge on any atom is 0.258 e. The van der Waals surface area contributed by atoms with Crippen LogP contribution < -0.4 is 5.56 Å². The number of rotatable bonds is 3. The second kappa shape index (κ2) is 6.36. The highest BCUT2D eigenvalue weighted by atomic mass is 19.1. The molecule has 0 radical (unpaired) electrons. The van der Waals surface area contributed by atoms with Gasteiger partial charge >= 0.3 is 0 Å². The lowest BCUT2D eigenvalue weighted by Gasteiger charge is -2.13. The molecule has 0 amide bonds. The fourth-order valence-electron chi connectivity index (χ4n) is 3.10. The summed E-state index contributed by atoms with van der Waals surface area (Å²) in [5.41, 5.74) is 2.85. The van der Waals surface area contributed by atoms with E-state index in [1.165, 1.54) is 12.1 Å². The summed E-state index contributed by atoms with van der Waals surface area (Å²) in [6, 6.07) is 23.8. The maximum absolute atomic E-state index is 13.3. The summed E-state index contributed by atoms with van der Waals surface area (Å²) in [5.74, 6) is -0.273. The molecule has 3 heteroatoms. The average molecular weight is 329 g/mol. The van der Waals surface area contributed by atoms with Crippen LogP contribution in [0.4, 0.5) is 4.39 Å². The molecule has 0 saturated heterocycles. The van der Waals surface area contributed by atoms with Gasteiger partial charge in [-0.05, 0) is 34.7 Å². The van der Waals surface area contributed by atoms with E-state index in [1.54, 1.807) is 16.7 Å².